The molecule has 0 fully saturated rings. The Morgan fingerprint density at radius 3 is 2.73 bits per heavy atom. The summed E-state index contributed by atoms with van der Waals surface area (Å²) in [6, 6.07) is 13.5. The van der Waals surface area contributed by atoms with E-state index in [0.717, 1.165) is 25.1 Å². The van der Waals surface area contributed by atoms with E-state index >= 15 is 0 Å². The van der Waals surface area contributed by atoms with Crippen molar-refractivity contribution in [2.45, 2.75) is 26.7 Å². The Labute approximate surface area is 164 Å². The maximum atomic E-state index is 11.7. The number of nitrogens with one attached hydrogen (secondary N) is 2. The first kappa shape index (κ1) is 20.2. The second kappa shape index (κ2) is 10.1. The summed E-state index contributed by atoms with van der Waals surface area (Å²) in [7, 11) is 0. The Hall–Kier alpha value is -2.11. The zero-order valence-electron chi connectivity index (χ0n) is 15.0. The van der Waals surface area contributed by atoms with Crippen LogP contribution in [0.4, 0.5) is 5.69 Å². The average Bonchev–Trinajstić information content (AvgIpc) is 2.59. The summed E-state index contributed by atoms with van der Waals surface area (Å²) in [5.74, 6) is -0.430. The van der Waals surface area contributed by atoms with Crippen LogP contribution in [0.3, 0.4) is 0 Å². The minimum Gasteiger partial charge on any atom is -0.462 e. The first-order valence-electron chi connectivity index (χ1n) is 8.56. The monoisotopic (exact) mass is 390 g/mol. The van der Waals surface area contributed by atoms with Crippen molar-refractivity contribution in [1.82, 2.24) is 5.32 Å². The summed E-state index contributed by atoms with van der Waals surface area (Å²) in [6.07, 6.45) is 1.98. The van der Waals surface area contributed by atoms with Gasteiger partial charge in [0.1, 0.15) is 0 Å². The highest BCUT2D eigenvalue weighted by molar-refractivity contribution is 7.80. The van der Waals surface area contributed by atoms with Crippen LogP contribution in [-0.4, -0.2) is 24.2 Å². The lowest BCUT2D eigenvalue weighted by molar-refractivity contribution is 0.0526. The van der Waals surface area contributed by atoms with Crippen molar-refractivity contribution in [3.63, 3.8) is 0 Å². The van der Waals surface area contributed by atoms with Gasteiger partial charge < -0.3 is 15.4 Å². The van der Waals surface area contributed by atoms with Crippen molar-refractivity contribution in [2.75, 3.05) is 18.5 Å². The van der Waals surface area contributed by atoms with E-state index in [1.807, 2.05) is 0 Å². The van der Waals surface area contributed by atoms with E-state index in [4.69, 9.17) is 28.6 Å². The standard InChI is InChI=1S/C20H23ClN2O2S/c1-3-25-19(24)17-10-9-16(13-18(17)21)23-20(26)22-11-5-8-15-7-4-6-14(2)12-15/h4,6-7,9-10,12-13H,3,5,8,11H2,1-2H3,(H2,22,23,26). The quantitative estimate of drug-likeness (QED) is 0.406. The highest BCUT2D eigenvalue weighted by Gasteiger charge is 2.12. The maximum Gasteiger partial charge on any atom is 0.339 e. The lowest BCUT2D eigenvalue weighted by Crippen LogP contribution is -2.29. The number of thiocarbonyl (C=S) groups is 1. The predicted octanol–water partition coefficient (Wildman–Crippen LogP) is 4.74. The van der Waals surface area contributed by atoms with E-state index in [0.29, 0.717) is 22.3 Å². The molecule has 2 aromatic carbocycles. The molecule has 0 heterocycles. The number of hydrogen-bond acceptors (Lipinski definition) is 3. The fourth-order valence-corrected chi connectivity index (χ4v) is 2.98. The molecule has 0 unspecified atom stereocenters. The van der Waals surface area contributed by atoms with E-state index in [-0.39, 0.29) is 0 Å². The number of rotatable bonds is 7. The molecule has 0 spiro atoms. The number of ether oxygens (including phenoxy) is 1. The molecule has 0 saturated carbocycles. The summed E-state index contributed by atoms with van der Waals surface area (Å²) in [5, 5.41) is 7.10. The van der Waals surface area contributed by atoms with Gasteiger partial charge >= 0.3 is 5.97 Å². The molecule has 138 valence electrons. The molecule has 0 amide bonds. The van der Waals surface area contributed by atoms with Crippen LogP contribution in [-0.2, 0) is 11.2 Å². The average molecular weight is 391 g/mol. The lowest BCUT2D eigenvalue weighted by Gasteiger charge is -2.12. The molecule has 0 aliphatic carbocycles. The summed E-state index contributed by atoms with van der Waals surface area (Å²) in [6.45, 7) is 4.93. The molecule has 26 heavy (non-hydrogen) atoms. The molecule has 2 aromatic rings. The maximum absolute atomic E-state index is 11.7. The van der Waals surface area contributed by atoms with Crippen LogP contribution in [0, 0.1) is 6.92 Å². The van der Waals surface area contributed by atoms with Crippen LogP contribution in [0.2, 0.25) is 5.02 Å². The summed E-state index contributed by atoms with van der Waals surface area (Å²) < 4.78 is 4.96. The Balaban J connectivity index is 1.78. The van der Waals surface area contributed by atoms with Crippen LogP contribution < -0.4 is 10.6 Å². The molecule has 0 saturated heterocycles. The molecule has 0 atom stereocenters. The van der Waals surface area contributed by atoms with E-state index in [9.17, 15) is 4.79 Å². The number of benzene rings is 2. The van der Waals surface area contributed by atoms with Gasteiger partial charge in [-0.25, -0.2) is 4.79 Å². The van der Waals surface area contributed by atoms with Crippen LogP contribution in [0.15, 0.2) is 42.5 Å². The second-order valence-corrected chi connectivity index (χ2v) is 6.70. The minimum absolute atomic E-state index is 0.311. The van der Waals surface area contributed by atoms with Crippen molar-refractivity contribution in [3.05, 3.63) is 64.2 Å². The number of anilines is 1. The molecular weight excluding hydrogens is 368 g/mol. The first-order chi connectivity index (χ1) is 12.5. The Morgan fingerprint density at radius 1 is 1.23 bits per heavy atom. The number of esters is 1. The molecule has 0 bridgehead atoms. The van der Waals surface area contributed by atoms with E-state index in [1.54, 1.807) is 25.1 Å². The zero-order chi connectivity index (χ0) is 18.9. The van der Waals surface area contributed by atoms with Gasteiger partial charge in [-0.1, -0.05) is 41.4 Å². The number of hydrogen-bond donors (Lipinski definition) is 2. The Kier molecular flexibility index (Phi) is 7.88. The molecule has 2 N–H and O–H groups in total. The van der Waals surface area contributed by atoms with Crippen molar-refractivity contribution in [1.29, 1.82) is 0 Å². The number of halogens is 1. The van der Waals surface area contributed by atoms with Gasteiger partial charge in [0.25, 0.3) is 0 Å². The van der Waals surface area contributed by atoms with Crippen LogP contribution >= 0.6 is 23.8 Å². The van der Waals surface area contributed by atoms with Gasteiger partial charge in [-0.2, -0.15) is 0 Å². The first-order valence-corrected chi connectivity index (χ1v) is 9.35. The van der Waals surface area contributed by atoms with Gasteiger partial charge in [0.2, 0.25) is 0 Å². The van der Waals surface area contributed by atoms with Crippen molar-refractivity contribution in [2.24, 2.45) is 0 Å². The normalized spacial score (nSPS) is 10.3. The summed E-state index contributed by atoms with van der Waals surface area (Å²) in [4.78, 5) is 11.7. The molecule has 0 aliphatic rings. The molecule has 0 radical (unpaired) electrons. The van der Waals surface area contributed by atoms with Gasteiger partial charge in [0, 0.05) is 12.2 Å². The van der Waals surface area contributed by atoms with Gasteiger partial charge in [-0.05, 0) is 62.7 Å². The fourth-order valence-electron chi connectivity index (χ4n) is 2.50. The largest absolute Gasteiger partial charge is 0.462 e. The van der Waals surface area contributed by atoms with Crippen LogP contribution in [0.5, 0.6) is 0 Å². The van der Waals surface area contributed by atoms with Gasteiger partial charge in [-0.15, -0.1) is 0 Å². The lowest BCUT2D eigenvalue weighted by atomic mass is 10.1. The van der Waals surface area contributed by atoms with Gasteiger partial charge in [0.15, 0.2) is 5.11 Å². The van der Waals surface area contributed by atoms with Crippen molar-refractivity contribution in [3.8, 4) is 0 Å². The Morgan fingerprint density at radius 2 is 2.04 bits per heavy atom. The fraction of sp³-hybridized carbons (Fsp3) is 0.300. The highest BCUT2D eigenvalue weighted by Crippen LogP contribution is 2.21. The zero-order valence-corrected chi connectivity index (χ0v) is 16.5. The van der Waals surface area contributed by atoms with Crippen LogP contribution in [0.25, 0.3) is 0 Å². The van der Waals surface area contributed by atoms with E-state index in [2.05, 4.69) is 41.8 Å². The molecule has 2 rings (SSSR count). The molecular formula is C20H23ClN2O2S. The molecule has 0 aromatic heterocycles. The van der Waals surface area contributed by atoms with Gasteiger partial charge in [-0.3, -0.25) is 0 Å². The van der Waals surface area contributed by atoms with E-state index in [1.165, 1.54) is 11.1 Å². The Bertz CT molecular complexity index is 780. The van der Waals surface area contributed by atoms with E-state index < -0.39 is 5.97 Å². The predicted molar refractivity (Wildman–Crippen MR) is 111 cm³/mol. The highest BCUT2D eigenvalue weighted by atomic mass is 35.5. The topological polar surface area (TPSA) is 50.4 Å². The van der Waals surface area contributed by atoms with Crippen LogP contribution in [0.1, 0.15) is 34.8 Å². The third-order valence-corrected chi connectivity index (χ3v) is 4.29. The smallest absolute Gasteiger partial charge is 0.339 e. The molecule has 4 nitrogen and oxygen atoms in total. The number of aryl methyl sites for hydroxylation is 2. The summed E-state index contributed by atoms with van der Waals surface area (Å²) in [5.41, 5.74) is 3.66. The third kappa shape index (κ3) is 6.32. The number of carbonyl (C=O) groups excluding carboxylic acids is 1. The molecule has 0 aliphatic heterocycles. The third-order valence-electron chi connectivity index (χ3n) is 3.73. The van der Waals surface area contributed by atoms with Gasteiger partial charge in [0.05, 0.1) is 17.2 Å². The molecule has 6 heteroatoms. The summed E-state index contributed by atoms with van der Waals surface area (Å²) >= 11 is 11.4. The number of carbonyl (C=O) groups is 1. The second-order valence-electron chi connectivity index (χ2n) is 5.89. The van der Waals surface area contributed by atoms with Crippen molar-refractivity contribution < 1.29 is 9.53 Å². The van der Waals surface area contributed by atoms with Crippen molar-refractivity contribution >= 4 is 40.6 Å². The SMILES string of the molecule is CCOC(=O)c1ccc(NC(=S)NCCCc2cccc(C)c2)cc1Cl. The minimum atomic E-state index is -0.430.